The maximum absolute atomic E-state index is 12.1. The van der Waals surface area contributed by atoms with Gasteiger partial charge in [0.2, 0.25) is 11.8 Å². The molecule has 0 aliphatic rings. The Balaban J connectivity index is 1.83. The summed E-state index contributed by atoms with van der Waals surface area (Å²) in [5.41, 5.74) is 2.79. The van der Waals surface area contributed by atoms with Gasteiger partial charge in [-0.15, -0.1) is 0 Å². The highest BCUT2D eigenvalue weighted by atomic mass is 16.2. The molecule has 132 valence electrons. The molecule has 0 radical (unpaired) electrons. The fourth-order valence-electron chi connectivity index (χ4n) is 2.60. The maximum Gasteiger partial charge on any atom is 0.226 e. The fraction of sp³-hybridized carbons (Fsp3) is 0.350. The first-order chi connectivity index (χ1) is 12.1. The van der Waals surface area contributed by atoms with Gasteiger partial charge in [0, 0.05) is 37.6 Å². The van der Waals surface area contributed by atoms with Gasteiger partial charge in [0.1, 0.15) is 0 Å². The molecule has 5 heteroatoms. The van der Waals surface area contributed by atoms with Gasteiger partial charge in [-0.2, -0.15) is 0 Å². The van der Waals surface area contributed by atoms with Gasteiger partial charge in [-0.25, -0.2) is 0 Å². The average Bonchev–Trinajstić information content (AvgIpc) is 2.63. The number of carbonyl (C=O) groups excluding carboxylic acids is 2. The van der Waals surface area contributed by atoms with Crippen LogP contribution >= 0.6 is 0 Å². The third-order valence-corrected chi connectivity index (χ3v) is 4.10. The fourth-order valence-corrected chi connectivity index (χ4v) is 2.60. The van der Waals surface area contributed by atoms with Crippen LogP contribution in [0.25, 0.3) is 0 Å². The van der Waals surface area contributed by atoms with Crippen molar-refractivity contribution < 1.29 is 9.59 Å². The lowest BCUT2D eigenvalue weighted by Gasteiger charge is -2.18. The summed E-state index contributed by atoms with van der Waals surface area (Å²) in [5, 5.41) is 2.89. The molecule has 0 aliphatic heterocycles. The van der Waals surface area contributed by atoms with Crippen LogP contribution < -0.4 is 5.32 Å². The lowest BCUT2D eigenvalue weighted by Crippen LogP contribution is -2.31. The first-order valence-electron chi connectivity index (χ1n) is 8.67. The smallest absolute Gasteiger partial charge is 0.226 e. The Labute approximate surface area is 149 Å². The van der Waals surface area contributed by atoms with E-state index in [2.05, 4.69) is 10.3 Å². The second-order valence-electron chi connectivity index (χ2n) is 5.84. The Morgan fingerprint density at radius 2 is 1.60 bits per heavy atom. The minimum atomic E-state index is -0.0243. The van der Waals surface area contributed by atoms with Crippen LogP contribution in [0, 0.1) is 0 Å². The number of pyridine rings is 1. The lowest BCUT2D eigenvalue weighted by atomic mass is 10.1. The van der Waals surface area contributed by atoms with E-state index >= 15 is 0 Å². The Morgan fingerprint density at radius 3 is 2.20 bits per heavy atom. The molecule has 1 N–H and O–H groups in total. The van der Waals surface area contributed by atoms with Crippen LogP contribution in [0.5, 0.6) is 0 Å². The quantitative estimate of drug-likeness (QED) is 0.804. The van der Waals surface area contributed by atoms with Gasteiger partial charge in [0.25, 0.3) is 0 Å². The van der Waals surface area contributed by atoms with E-state index in [1.54, 1.807) is 12.4 Å². The summed E-state index contributed by atoms with van der Waals surface area (Å²) in [5.74, 6) is 0.0999. The zero-order valence-electron chi connectivity index (χ0n) is 14.9. The number of benzene rings is 1. The number of anilines is 1. The molecule has 1 heterocycles. The summed E-state index contributed by atoms with van der Waals surface area (Å²) in [6, 6.07) is 11.3. The summed E-state index contributed by atoms with van der Waals surface area (Å²) in [6.07, 6.45) is 4.95. The largest absolute Gasteiger partial charge is 0.343 e. The van der Waals surface area contributed by atoms with Crippen LogP contribution in [0.2, 0.25) is 0 Å². The van der Waals surface area contributed by atoms with Crippen molar-refractivity contribution in [2.75, 3.05) is 18.4 Å². The summed E-state index contributed by atoms with van der Waals surface area (Å²) in [4.78, 5) is 29.9. The van der Waals surface area contributed by atoms with E-state index in [0.29, 0.717) is 19.3 Å². The normalized spacial score (nSPS) is 10.3. The summed E-state index contributed by atoms with van der Waals surface area (Å²) < 4.78 is 0. The van der Waals surface area contributed by atoms with E-state index in [-0.39, 0.29) is 11.8 Å². The van der Waals surface area contributed by atoms with E-state index in [9.17, 15) is 9.59 Å². The molecule has 0 saturated heterocycles. The van der Waals surface area contributed by atoms with Crippen LogP contribution in [-0.4, -0.2) is 34.8 Å². The molecule has 0 spiro atoms. The van der Waals surface area contributed by atoms with Crippen molar-refractivity contribution in [3.8, 4) is 0 Å². The molecule has 5 nitrogen and oxygen atoms in total. The van der Waals surface area contributed by atoms with E-state index in [1.807, 2.05) is 55.1 Å². The van der Waals surface area contributed by atoms with Crippen LogP contribution in [-0.2, 0) is 22.4 Å². The number of aryl methyl sites for hydroxylation is 1. The lowest BCUT2D eigenvalue weighted by molar-refractivity contribution is -0.130. The highest BCUT2D eigenvalue weighted by Crippen LogP contribution is 2.12. The topological polar surface area (TPSA) is 62.3 Å². The number of hydrogen-bond acceptors (Lipinski definition) is 3. The van der Waals surface area contributed by atoms with Crippen molar-refractivity contribution in [1.82, 2.24) is 9.88 Å². The van der Waals surface area contributed by atoms with Gasteiger partial charge in [0.15, 0.2) is 0 Å². The van der Waals surface area contributed by atoms with Crippen molar-refractivity contribution in [3.63, 3.8) is 0 Å². The van der Waals surface area contributed by atoms with Gasteiger partial charge in [-0.1, -0.05) is 12.1 Å². The number of nitrogens with one attached hydrogen (secondary N) is 1. The van der Waals surface area contributed by atoms with Crippen molar-refractivity contribution in [3.05, 3.63) is 59.9 Å². The summed E-state index contributed by atoms with van der Waals surface area (Å²) in [7, 11) is 0. The molecule has 2 rings (SSSR count). The second-order valence-corrected chi connectivity index (χ2v) is 5.84. The Morgan fingerprint density at radius 1 is 0.960 bits per heavy atom. The standard InChI is InChI=1S/C20H25N3O2/c1-3-23(4-2)20(25)15-17-5-8-18(9-6-17)22-19(24)10-7-16-11-13-21-14-12-16/h5-6,8-9,11-14H,3-4,7,10,15H2,1-2H3,(H,22,24). The molecule has 0 fully saturated rings. The number of amides is 2. The maximum atomic E-state index is 12.1. The SMILES string of the molecule is CCN(CC)C(=O)Cc1ccc(NC(=O)CCc2ccncc2)cc1. The summed E-state index contributed by atoms with van der Waals surface area (Å²) in [6.45, 7) is 5.40. The molecule has 1 aromatic carbocycles. The van der Waals surface area contributed by atoms with Gasteiger partial charge >= 0.3 is 0 Å². The number of aromatic nitrogens is 1. The van der Waals surface area contributed by atoms with Gasteiger partial charge in [0.05, 0.1) is 6.42 Å². The van der Waals surface area contributed by atoms with Crippen LogP contribution in [0.1, 0.15) is 31.4 Å². The zero-order valence-corrected chi connectivity index (χ0v) is 14.9. The van der Waals surface area contributed by atoms with E-state index < -0.39 is 0 Å². The molecule has 1 aromatic heterocycles. The number of hydrogen-bond donors (Lipinski definition) is 1. The van der Waals surface area contributed by atoms with Crippen LogP contribution in [0.15, 0.2) is 48.8 Å². The van der Waals surface area contributed by atoms with Crippen LogP contribution in [0.4, 0.5) is 5.69 Å². The molecule has 0 aliphatic carbocycles. The average molecular weight is 339 g/mol. The minimum Gasteiger partial charge on any atom is -0.343 e. The molecule has 25 heavy (non-hydrogen) atoms. The first-order valence-corrected chi connectivity index (χ1v) is 8.67. The molecule has 0 unspecified atom stereocenters. The Bertz CT molecular complexity index is 680. The Kier molecular flexibility index (Phi) is 7.14. The van der Waals surface area contributed by atoms with Crippen molar-refractivity contribution >= 4 is 17.5 Å². The van der Waals surface area contributed by atoms with Gasteiger partial charge in [-0.3, -0.25) is 14.6 Å². The van der Waals surface area contributed by atoms with E-state index in [4.69, 9.17) is 0 Å². The molecule has 0 bridgehead atoms. The van der Waals surface area contributed by atoms with Gasteiger partial charge < -0.3 is 10.2 Å². The first kappa shape index (κ1) is 18.6. The predicted molar refractivity (Wildman–Crippen MR) is 99.3 cm³/mol. The van der Waals surface area contributed by atoms with E-state index in [1.165, 1.54) is 0 Å². The van der Waals surface area contributed by atoms with Crippen molar-refractivity contribution in [1.29, 1.82) is 0 Å². The number of nitrogens with zero attached hydrogens (tertiary/aromatic N) is 2. The summed E-state index contributed by atoms with van der Waals surface area (Å²) >= 11 is 0. The highest BCUT2D eigenvalue weighted by molar-refractivity contribution is 5.90. The molecule has 0 saturated carbocycles. The number of carbonyl (C=O) groups is 2. The van der Waals surface area contributed by atoms with E-state index in [0.717, 1.165) is 29.9 Å². The van der Waals surface area contributed by atoms with Gasteiger partial charge in [-0.05, 0) is 55.7 Å². The minimum absolute atomic E-state index is 0.0243. The highest BCUT2D eigenvalue weighted by Gasteiger charge is 2.10. The third-order valence-electron chi connectivity index (χ3n) is 4.10. The molecule has 0 atom stereocenters. The Hall–Kier alpha value is -2.69. The monoisotopic (exact) mass is 339 g/mol. The zero-order chi connectivity index (χ0) is 18.1. The predicted octanol–water partition coefficient (Wildman–Crippen LogP) is 3.06. The van der Waals surface area contributed by atoms with Crippen molar-refractivity contribution in [2.24, 2.45) is 0 Å². The third kappa shape index (κ3) is 6.03. The molecule has 2 aromatic rings. The molecular weight excluding hydrogens is 314 g/mol. The molecule has 2 amide bonds. The molecular formula is C20H25N3O2. The number of likely N-dealkylation sites (N-methyl/N-ethyl adjacent to an activating group) is 1. The van der Waals surface area contributed by atoms with Crippen LogP contribution in [0.3, 0.4) is 0 Å². The van der Waals surface area contributed by atoms with Crippen molar-refractivity contribution in [2.45, 2.75) is 33.1 Å². The second kappa shape index (κ2) is 9.57. The number of rotatable bonds is 8.